The minimum Gasteiger partial charge on any atom is -0.446 e. The van der Waals surface area contributed by atoms with Gasteiger partial charge in [-0.1, -0.05) is 44.2 Å². The molecular weight excluding hydrogens is 540 g/mol. The van der Waals surface area contributed by atoms with Crippen molar-refractivity contribution in [3.05, 3.63) is 88.0 Å². The molecule has 3 aromatic rings. The van der Waals surface area contributed by atoms with Gasteiger partial charge in [0.1, 0.15) is 24.4 Å². The third-order valence-electron chi connectivity index (χ3n) is 7.09. The van der Waals surface area contributed by atoms with Crippen molar-refractivity contribution in [2.45, 2.75) is 57.7 Å². The highest BCUT2D eigenvalue weighted by atomic mass is 16.3. The standard InChI is InChI=1S/C30H36N6O6/c1-18(2)25-30-34-23(17-42-30)27(39)31-13-8-7-11-21(32-26(38)20-12-14-36(3)24(37)16-20)28(40)33-22(29(41)35-25)15-19-9-5-4-6-10-19/h4-6,9-10,12,14,16-18,21-22,25H,7-8,11,13,15H2,1-3H3,(H,31,39)(H,32,38)(H,33,40)(H,35,41)/t21-,22-,25-/m0/s1. The Kier molecular flexibility index (Phi) is 9.89. The summed E-state index contributed by atoms with van der Waals surface area (Å²) in [4.78, 5) is 69.4. The van der Waals surface area contributed by atoms with Crippen LogP contribution in [0, 0.1) is 5.92 Å². The van der Waals surface area contributed by atoms with Gasteiger partial charge in [0.05, 0.1) is 0 Å². The molecule has 4 amide bonds. The first-order valence-corrected chi connectivity index (χ1v) is 14.0. The summed E-state index contributed by atoms with van der Waals surface area (Å²) in [5.41, 5.74) is 0.681. The maximum atomic E-state index is 13.7. The Hall–Kier alpha value is -4.74. The lowest BCUT2D eigenvalue weighted by Crippen LogP contribution is -2.55. The minimum absolute atomic E-state index is 0.102. The molecule has 0 fully saturated rings. The molecule has 0 saturated heterocycles. The van der Waals surface area contributed by atoms with Crippen LogP contribution < -0.4 is 26.8 Å². The molecule has 4 rings (SSSR count). The minimum atomic E-state index is -0.997. The number of nitrogens with one attached hydrogen (secondary N) is 4. The van der Waals surface area contributed by atoms with Crippen LogP contribution >= 0.6 is 0 Å². The maximum absolute atomic E-state index is 13.7. The zero-order valence-electron chi connectivity index (χ0n) is 23.9. The van der Waals surface area contributed by atoms with Crippen LogP contribution in [0.4, 0.5) is 0 Å². The first-order chi connectivity index (χ1) is 20.1. The third-order valence-corrected chi connectivity index (χ3v) is 7.09. The summed E-state index contributed by atoms with van der Waals surface area (Å²) in [6.45, 7) is 4.07. The van der Waals surface area contributed by atoms with Crippen LogP contribution in [0.1, 0.15) is 71.5 Å². The summed E-state index contributed by atoms with van der Waals surface area (Å²) < 4.78 is 6.91. The summed E-state index contributed by atoms with van der Waals surface area (Å²) in [6.07, 6.45) is 4.16. The fraction of sp³-hybridized carbons (Fsp3) is 0.400. The van der Waals surface area contributed by atoms with Crippen molar-refractivity contribution in [2.75, 3.05) is 6.54 Å². The first-order valence-electron chi connectivity index (χ1n) is 14.0. The molecule has 42 heavy (non-hydrogen) atoms. The van der Waals surface area contributed by atoms with Gasteiger partial charge in [0, 0.05) is 37.8 Å². The van der Waals surface area contributed by atoms with E-state index in [4.69, 9.17) is 4.42 Å². The molecule has 1 aliphatic rings. The molecule has 2 aromatic heterocycles. The van der Waals surface area contributed by atoms with Crippen LogP contribution in [-0.2, 0) is 23.1 Å². The lowest BCUT2D eigenvalue weighted by molar-refractivity contribution is -0.130. The summed E-state index contributed by atoms with van der Waals surface area (Å²) in [7, 11) is 1.57. The van der Waals surface area contributed by atoms with E-state index in [1.165, 1.54) is 29.2 Å². The van der Waals surface area contributed by atoms with Crippen LogP contribution in [-0.4, -0.2) is 51.8 Å². The molecule has 2 bridgehead atoms. The largest absolute Gasteiger partial charge is 0.446 e. The monoisotopic (exact) mass is 576 g/mol. The van der Waals surface area contributed by atoms with E-state index in [2.05, 4.69) is 26.3 Å². The maximum Gasteiger partial charge on any atom is 0.273 e. The van der Waals surface area contributed by atoms with Crippen molar-refractivity contribution >= 4 is 23.6 Å². The summed E-state index contributed by atoms with van der Waals surface area (Å²) in [5.74, 6) is -1.99. The number of amides is 4. The van der Waals surface area contributed by atoms with Gasteiger partial charge in [0.15, 0.2) is 5.69 Å². The van der Waals surface area contributed by atoms with E-state index in [0.717, 1.165) is 5.56 Å². The fourth-order valence-electron chi connectivity index (χ4n) is 4.60. The summed E-state index contributed by atoms with van der Waals surface area (Å²) >= 11 is 0. The molecule has 12 heteroatoms. The van der Waals surface area contributed by atoms with Gasteiger partial charge in [-0.25, -0.2) is 4.98 Å². The molecule has 222 valence electrons. The zero-order chi connectivity index (χ0) is 30.2. The number of pyridine rings is 1. The Morgan fingerprint density at radius 2 is 1.83 bits per heavy atom. The van der Waals surface area contributed by atoms with E-state index < -0.39 is 41.8 Å². The lowest BCUT2D eigenvalue weighted by atomic mass is 10.0. The van der Waals surface area contributed by atoms with Crippen molar-refractivity contribution in [3.63, 3.8) is 0 Å². The second kappa shape index (κ2) is 13.7. The van der Waals surface area contributed by atoms with Gasteiger partial charge in [0.2, 0.25) is 17.7 Å². The molecule has 1 aromatic carbocycles. The molecule has 0 radical (unpaired) electrons. The molecule has 3 heterocycles. The molecule has 0 unspecified atom stereocenters. The van der Waals surface area contributed by atoms with Crippen LogP contribution in [0.2, 0.25) is 0 Å². The number of benzene rings is 1. The second-order valence-electron chi connectivity index (χ2n) is 10.7. The first kappa shape index (κ1) is 30.2. The van der Waals surface area contributed by atoms with E-state index in [1.807, 2.05) is 44.2 Å². The van der Waals surface area contributed by atoms with Crippen molar-refractivity contribution in [3.8, 4) is 0 Å². The number of rotatable bonds is 5. The highest BCUT2D eigenvalue weighted by Crippen LogP contribution is 2.22. The molecular formula is C30H36N6O6. The van der Waals surface area contributed by atoms with Crippen LogP contribution in [0.25, 0.3) is 0 Å². The van der Waals surface area contributed by atoms with Crippen LogP contribution in [0.15, 0.2) is 64.1 Å². The average Bonchev–Trinajstić information content (AvgIpc) is 3.45. The highest BCUT2D eigenvalue weighted by Gasteiger charge is 2.31. The fourth-order valence-corrected chi connectivity index (χ4v) is 4.60. The van der Waals surface area contributed by atoms with Gasteiger partial charge in [0.25, 0.3) is 17.4 Å². The quantitative estimate of drug-likeness (QED) is 0.358. The average molecular weight is 577 g/mol. The summed E-state index contributed by atoms with van der Waals surface area (Å²) in [6, 6.07) is 9.28. The molecule has 0 saturated carbocycles. The molecule has 3 atom stereocenters. The predicted octanol–water partition coefficient (Wildman–Crippen LogP) is 1.63. The molecule has 0 spiro atoms. The number of carbonyl (C=O) groups excluding carboxylic acids is 4. The normalized spacial score (nSPS) is 20.4. The van der Waals surface area contributed by atoms with Crippen LogP contribution in [0.3, 0.4) is 0 Å². The van der Waals surface area contributed by atoms with Gasteiger partial charge in [-0.2, -0.15) is 0 Å². The van der Waals surface area contributed by atoms with E-state index in [-0.39, 0.29) is 41.5 Å². The van der Waals surface area contributed by atoms with Crippen molar-refractivity contribution in [1.82, 2.24) is 30.8 Å². The molecule has 0 aliphatic carbocycles. The Morgan fingerprint density at radius 1 is 1.07 bits per heavy atom. The SMILES string of the molecule is CC(C)[C@@H]1NC(=O)[C@H](Cc2ccccc2)NC(=O)[C@@H](NC(=O)c2ccn(C)c(=O)c2)CCCCNC(=O)c2coc1n2. The Balaban J connectivity index is 1.63. The van der Waals surface area contributed by atoms with E-state index in [9.17, 15) is 24.0 Å². The molecule has 1 aliphatic heterocycles. The Labute approximate surface area is 243 Å². The van der Waals surface area contributed by atoms with Crippen molar-refractivity contribution in [1.29, 1.82) is 0 Å². The third kappa shape index (κ3) is 7.71. The van der Waals surface area contributed by atoms with Gasteiger partial charge in [-0.05, 0) is 36.8 Å². The van der Waals surface area contributed by atoms with E-state index in [1.54, 1.807) is 7.05 Å². The van der Waals surface area contributed by atoms with E-state index in [0.29, 0.717) is 19.4 Å². The van der Waals surface area contributed by atoms with Crippen LogP contribution in [0.5, 0.6) is 0 Å². The van der Waals surface area contributed by atoms with Gasteiger partial charge in [-0.3, -0.25) is 24.0 Å². The number of oxazole rings is 1. The van der Waals surface area contributed by atoms with Gasteiger partial charge < -0.3 is 30.3 Å². The van der Waals surface area contributed by atoms with E-state index >= 15 is 0 Å². The smallest absolute Gasteiger partial charge is 0.273 e. The number of aromatic nitrogens is 2. The number of nitrogens with zero attached hydrogens (tertiary/aromatic N) is 2. The van der Waals surface area contributed by atoms with Gasteiger partial charge >= 0.3 is 0 Å². The number of fused-ring (bicyclic) bond motifs is 2. The number of hydrogen-bond acceptors (Lipinski definition) is 7. The van der Waals surface area contributed by atoms with Gasteiger partial charge in [-0.15, -0.1) is 0 Å². The zero-order valence-corrected chi connectivity index (χ0v) is 23.9. The Morgan fingerprint density at radius 3 is 2.55 bits per heavy atom. The molecule has 4 N–H and O–H groups in total. The second-order valence-corrected chi connectivity index (χ2v) is 10.7. The number of carbonyl (C=O) groups is 4. The number of aryl methyl sites for hydroxylation is 1. The summed E-state index contributed by atoms with van der Waals surface area (Å²) in [5, 5.41) is 11.3. The molecule has 12 nitrogen and oxygen atoms in total. The predicted molar refractivity (Wildman–Crippen MR) is 153 cm³/mol. The Bertz CT molecular complexity index is 1480. The highest BCUT2D eigenvalue weighted by molar-refractivity contribution is 5.98. The van der Waals surface area contributed by atoms with Crippen molar-refractivity contribution < 1.29 is 23.6 Å². The number of hydrogen-bond donors (Lipinski definition) is 4. The topological polar surface area (TPSA) is 164 Å². The van der Waals surface area contributed by atoms with Crippen molar-refractivity contribution in [2.24, 2.45) is 13.0 Å². The lowest BCUT2D eigenvalue weighted by Gasteiger charge is -2.26.